The zero-order chi connectivity index (χ0) is 14.8. The molecule has 1 aliphatic rings. The highest BCUT2D eigenvalue weighted by molar-refractivity contribution is 6.13. The van der Waals surface area contributed by atoms with E-state index in [0.717, 1.165) is 0 Å². The summed E-state index contributed by atoms with van der Waals surface area (Å²) in [5, 5.41) is 0. The summed E-state index contributed by atoms with van der Waals surface area (Å²) in [5.74, 6) is 0.0867. The van der Waals surface area contributed by atoms with Crippen molar-refractivity contribution < 1.29 is 19.1 Å². The van der Waals surface area contributed by atoms with E-state index < -0.39 is 5.97 Å². The normalized spacial score (nSPS) is 15.5. The van der Waals surface area contributed by atoms with Crippen molar-refractivity contribution in [1.82, 2.24) is 4.98 Å². The second-order valence-corrected chi connectivity index (χ2v) is 4.60. The van der Waals surface area contributed by atoms with Crippen LogP contribution in [0.3, 0.4) is 0 Å². The number of Topliss-reactive ketones (excluding diaryl/α,β-unsaturated/α-hetero) is 1. The smallest absolute Gasteiger partial charge is 0.354 e. The second-order valence-electron chi connectivity index (χ2n) is 4.60. The number of carbonyl (C=O) groups excluding carboxylic acids is 2. The van der Waals surface area contributed by atoms with Crippen molar-refractivity contribution in [3.8, 4) is 5.75 Å². The first-order valence-electron chi connectivity index (χ1n) is 6.43. The molecule has 2 heterocycles. The quantitative estimate of drug-likeness (QED) is 0.679. The van der Waals surface area contributed by atoms with Gasteiger partial charge in [0.15, 0.2) is 5.78 Å². The molecule has 0 fully saturated rings. The highest BCUT2D eigenvalue weighted by atomic mass is 16.5. The van der Waals surface area contributed by atoms with Crippen LogP contribution in [0.4, 0.5) is 0 Å². The van der Waals surface area contributed by atoms with Gasteiger partial charge in [-0.05, 0) is 30.3 Å². The van der Waals surface area contributed by atoms with Crippen LogP contribution in [0.1, 0.15) is 26.5 Å². The van der Waals surface area contributed by atoms with E-state index in [9.17, 15) is 9.59 Å². The maximum Gasteiger partial charge on any atom is 0.354 e. The predicted octanol–water partition coefficient (Wildman–Crippen LogP) is 2.46. The molecule has 1 aromatic carbocycles. The van der Waals surface area contributed by atoms with Gasteiger partial charge < -0.3 is 14.5 Å². The van der Waals surface area contributed by atoms with Crippen LogP contribution in [0.2, 0.25) is 0 Å². The first-order chi connectivity index (χ1) is 10.2. The monoisotopic (exact) mass is 283 g/mol. The largest absolute Gasteiger partial charge is 0.488 e. The maximum atomic E-state index is 12.4. The van der Waals surface area contributed by atoms with E-state index in [1.165, 1.54) is 7.11 Å². The summed E-state index contributed by atoms with van der Waals surface area (Å²) in [6.07, 6.45) is 1.69. The van der Waals surface area contributed by atoms with Crippen LogP contribution in [0.15, 0.2) is 42.0 Å². The molecule has 0 bridgehead atoms. The van der Waals surface area contributed by atoms with Gasteiger partial charge in [-0.1, -0.05) is 12.1 Å². The van der Waals surface area contributed by atoms with Gasteiger partial charge in [-0.25, -0.2) is 4.79 Å². The Morgan fingerprint density at radius 2 is 2.10 bits per heavy atom. The predicted molar refractivity (Wildman–Crippen MR) is 76.4 cm³/mol. The van der Waals surface area contributed by atoms with Crippen molar-refractivity contribution in [3.05, 3.63) is 58.9 Å². The Kier molecular flexibility index (Phi) is 3.31. The highest BCUT2D eigenvalue weighted by Crippen LogP contribution is 2.27. The van der Waals surface area contributed by atoms with Gasteiger partial charge in [0.05, 0.1) is 12.7 Å². The summed E-state index contributed by atoms with van der Waals surface area (Å²) >= 11 is 0. The van der Waals surface area contributed by atoms with E-state index in [0.29, 0.717) is 28.3 Å². The molecular formula is C16H13NO4. The number of H-pyrrole nitrogens is 1. The topological polar surface area (TPSA) is 68.4 Å². The number of ketones is 1. The Morgan fingerprint density at radius 3 is 2.90 bits per heavy atom. The van der Waals surface area contributed by atoms with Crippen LogP contribution < -0.4 is 4.74 Å². The van der Waals surface area contributed by atoms with Crippen molar-refractivity contribution in [1.29, 1.82) is 0 Å². The van der Waals surface area contributed by atoms with Gasteiger partial charge in [0.25, 0.3) is 0 Å². The summed E-state index contributed by atoms with van der Waals surface area (Å²) in [5.41, 5.74) is 2.08. The average molecular weight is 283 g/mol. The lowest BCUT2D eigenvalue weighted by atomic mass is 10.00. The molecule has 106 valence electrons. The standard InChI is InChI=1S/C16H13NO4/c1-20-16(19)13-7-6-11(17-13)8-10-9-21-14-5-3-2-4-12(14)15(10)18/h2-8,17H,9H2,1H3/b10-8+. The van der Waals surface area contributed by atoms with Gasteiger partial charge >= 0.3 is 5.97 Å². The minimum Gasteiger partial charge on any atom is -0.488 e. The Labute approximate surface area is 121 Å². The number of hydrogen-bond acceptors (Lipinski definition) is 4. The van der Waals surface area contributed by atoms with Crippen molar-refractivity contribution in [2.75, 3.05) is 13.7 Å². The summed E-state index contributed by atoms with van der Waals surface area (Å²) < 4.78 is 10.2. The van der Waals surface area contributed by atoms with E-state index in [-0.39, 0.29) is 12.4 Å². The molecule has 0 radical (unpaired) electrons. The number of aromatic nitrogens is 1. The Morgan fingerprint density at radius 1 is 1.29 bits per heavy atom. The number of rotatable bonds is 2. The lowest BCUT2D eigenvalue weighted by Gasteiger charge is -2.18. The number of ether oxygens (including phenoxy) is 2. The molecule has 0 aliphatic carbocycles. The molecule has 0 atom stereocenters. The second kappa shape index (κ2) is 5.28. The third-order valence-electron chi connectivity index (χ3n) is 3.25. The van der Waals surface area contributed by atoms with Gasteiger partial charge in [0, 0.05) is 11.3 Å². The van der Waals surface area contributed by atoms with Gasteiger partial charge in [-0.2, -0.15) is 0 Å². The van der Waals surface area contributed by atoms with Crippen LogP contribution in [0, 0.1) is 0 Å². The molecule has 0 amide bonds. The fourth-order valence-electron chi connectivity index (χ4n) is 2.19. The zero-order valence-electron chi connectivity index (χ0n) is 11.4. The van der Waals surface area contributed by atoms with Gasteiger partial charge in [0.2, 0.25) is 0 Å². The zero-order valence-corrected chi connectivity index (χ0v) is 11.4. The van der Waals surface area contributed by atoms with Crippen molar-refractivity contribution in [2.45, 2.75) is 0 Å². The van der Waals surface area contributed by atoms with Crippen LogP contribution in [0.25, 0.3) is 6.08 Å². The fourth-order valence-corrected chi connectivity index (χ4v) is 2.19. The number of para-hydroxylation sites is 1. The minimum atomic E-state index is -0.448. The van der Waals surface area contributed by atoms with E-state index in [1.54, 1.807) is 36.4 Å². The first-order valence-corrected chi connectivity index (χ1v) is 6.43. The number of fused-ring (bicyclic) bond motifs is 1. The summed E-state index contributed by atoms with van der Waals surface area (Å²) in [7, 11) is 1.32. The molecule has 3 rings (SSSR count). The van der Waals surface area contributed by atoms with Crippen molar-refractivity contribution in [2.24, 2.45) is 0 Å². The lowest BCUT2D eigenvalue weighted by molar-refractivity contribution is 0.0594. The molecule has 0 spiro atoms. The lowest BCUT2D eigenvalue weighted by Crippen LogP contribution is -2.18. The number of methoxy groups -OCH3 is 1. The summed E-state index contributed by atoms with van der Waals surface area (Å²) in [6, 6.07) is 10.5. The van der Waals surface area contributed by atoms with Crippen LogP contribution in [-0.4, -0.2) is 30.5 Å². The Bertz CT molecular complexity index is 742. The number of hydrogen-bond donors (Lipinski definition) is 1. The minimum absolute atomic E-state index is 0.0638. The van der Waals surface area contributed by atoms with Crippen LogP contribution in [0.5, 0.6) is 5.75 Å². The molecule has 1 aliphatic heterocycles. The number of carbonyl (C=O) groups is 2. The van der Waals surface area contributed by atoms with Crippen LogP contribution in [-0.2, 0) is 4.74 Å². The van der Waals surface area contributed by atoms with E-state index in [1.807, 2.05) is 6.07 Å². The molecule has 21 heavy (non-hydrogen) atoms. The van der Waals surface area contributed by atoms with Crippen LogP contribution >= 0.6 is 0 Å². The van der Waals surface area contributed by atoms with Crippen molar-refractivity contribution in [3.63, 3.8) is 0 Å². The Balaban J connectivity index is 1.90. The van der Waals surface area contributed by atoms with Gasteiger partial charge in [-0.15, -0.1) is 0 Å². The Hall–Kier alpha value is -2.82. The third-order valence-corrected chi connectivity index (χ3v) is 3.25. The third kappa shape index (κ3) is 2.45. The van der Waals surface area contributed by atoms with Gasteiger partial charge in [0.1, 0.15) is 18.1 Å². The maximum absolute atomic E-state index is 12.4. The summed E-state index contributed by atoms with van der Waals surface area (Å²) in [4.78, 5) is 26.6. The fraction of sp³-hybridized carbons (Fsp3) is 0.125. The highest BCUT2D eigenvalue weighted by Gasteiger charge is 2.22. The molecule has 1 N–H and O–H groups in total. The molecule has 2 aromatic rings. The molecule has 5 nitrogen and oxygen atoms in total. The van der Waals surface area contributed by atoms with Crippen molar-refractivity contribution >= 4 is 17.8 Å². The van der Waals surface area contributed by atoms with Gasteiger partial charge in [-0.3, -0.25) is 4.79 Å². The molecule has 0 unspecified atom stereocenters. The van der Waals surface area contributed by atoms with E-state index in [2.05, 4.69) is 9.72 Å². The number of aromatic amines is 1. The summed E-state index contributed by atoms with van der Waals surface area (Å²) in [6.45, 7) is 0.211. The molecule has 1 aromatic heterocycles. The molecule has 0 saturated carbocycles. The van der Waals surface area contributed by atoms with E-state index in [4.69, 9.17) is 4.74 Å². The number of nitrogens with one attached hydrogen (secondary N) is 1. The van der Waals surface area contributed by atoms with E-state index >= 15 is 0 Å². The molecular weight excluding hydrogens is 270 g/mol. The molecule has 5 heteroatoms. The number of esters is 1. The SMILES string of the molecule is COC(=O)c1ccc(/C=C2\COc3ccccc3C2=O)[nH]1. The first kappa shape index (κ1) is 13.2. The average Bonchev–Trinajstić information content (AvgIpc) is 2.98. The number of benzene rings is 1. The molecule has 0 saturated heterocycles.